The average molecular weight is 413 g/mol. The van der Waals surface area contributed by atoms with Crippen LogP contribution in [0, 0.1) is 0 Å². The summed E-state index contributed by atoms with van der Waals surface area (Å²) >= 11 is 6.54. The van der Waals surface area contributed by atoms with Gasteiger partial charge in [-0.15, -0.1) is 0 Å². The van der Waals surface area contributed by atoms with Crippen molar-refractivity contribution >= 4 is 46.2 Å². The lowest BCUT2D eigenvalue weighted by Crippen LogP contribution is -2.47. The lowest BCUT2D eigenvalue weighted by molar-refractivity contribution is -0.132. The molecule has 0 radical (unpaired) electrons. The maximum absolute atomic E-state index is 12.7. The summed E-state index contributed by atoms with van der Waals surface area (Å²) in [7, 11) is 0. The highest BCUT2D eigenvalue weighted by molar-refractivity contribution is 8.26. The molecule has 3 rings (SSSR count). The minimum atomic E-state index is -0.686. The van der Waals surface area contributed by atoms with Gasteiger partial charge in [-0.3, -0.25) is 14.5 Å². The number of nitrogens with one attached hydrogen (secondary N) is 1. The summed E-state index contributed by atoms with van der Waals surface area (Å²) in [6.07, 6.45) is 2.42. The third kappa shape index (κ3) is 4.79. The minimum Gasteiger partial charge on any atom is -0.508 e. The molecule has 1 aliphatic heterocycles. The number of carbonyl (C=O) groups excluding carboxylic acids is 2. The molecule has 0 spiro atoms. The van der Waals surface area contributed by atoms with Crippen LogP contribution in [-0.4, -0.2) is 38.7 Å². The number of thiocarbonyl (C=S) groups is 1. The number of nitrogens with zero attached hydrogens (tertiary/aromatic N) is 1. The van der Waals surface area contributed by atoms with Gasteiger partial charge in [-0.25, -0.2) is 0 Å². The van der Waals surface area contributed by atoms with Gasteiger partial charge >= 0.3 is 0 Å². The Morgan fingerprint density at radius 1 is 1.21 bits per heavy atom. The van der Waals surface area contributed by atoms with Crippen LogP contribution in [0.1, 0.15) is 18.1 Å². The fourth-order valence-electron chi connectivity index (χ4n) is 2.77. The lowest BCUT2D eigenvalue weighted by Gasteiger charge is -2.22. The molecule has 0 bridgehead atoms. The quantitative estimate of drug-likeness (QED) is 0.563. The van der Waals surface area contributed by atoms with Crippen molar-refractivity contribution in [3.63, 3.8) is 0 Å². The van der Waals surface area contributed by atoms with E-state index < -0.39 is 6.04 Å². The van der Waals surface area contributed by atoms with E-state index in [1.54, 1.807) is 37.3 Å². The van der Waals surface area contributed by atoms with Crippen molar-refractivity contribution in [2.45, 2.75) is 19.4 Å². The molecule has 2 N–H and O–H groups in total. The second-order valence-corrected chi connectivity index (χ2v) is 8.02. The fraction of sp³-hybridized carbons (Fsp3) is 0.190. The lowest BCUT2D eigenvalue weighted by atomic mass is 10.1. The third-order valence-electron chi connectivity index (χ3n) is 4.34. The van der Waals surface area contributed by atoms with E-state index in [9.17, 15) is 14.7 Å². The smallest absolute Gasteiger partial charge is 0.266 e. The van der Waals surface area contributed by atoms with Gasteiger partial charge in [-0.05, 0) is 42.7 Å². The molecular weight excluding hydrogens is 392 g/mol. The van der Waals surface area contributed by atoms with Crippen LogP contribution in [0.25, 0.3) is 6.08 Å². The number of carbonyl (C=O) groups is 2. The zero-order chi connectivity index (χ0) is 20.1. The molecule has 2 aromatic carbocycles. The van der Waals surface area contributed by atoms with Crippen LogP contribution in [0.3, 0.4) is 0 Å². The van der Waals surface area contributed by atoms with E-state index in [-0.39, 0.29) is 17.6 Å². The molecule has 0 saturated carbocycles. The highest BCUT2D eigenvalue weighted by Gasteiger charge is 2.38. The van der Waals surface area contributed by atoms with Gasteiger partial charge in [-0.2, -0.15) is 0 Å². The predicted molar refractivity (Wildman–Crippen MR) is 116 cm³/mol. The highest BCUT2D eigenvalue weighted by atomic mass is 32.2. The molecule has 1 fully saturated rings. The highest BCUT2D eigenvalue weighted by Crippen LogP contribution is 2.33. The SMILES string of the molecule is CC(C(=O)NCCc1ccc(O)cc1)N1C(=O)/C(=C/c2ccccc2)SC1=S. The van der Waals surface area contributed by atoms with Gasteiger partial charge in [0.2, 0.25) is 5.91 Å². The Morgan fingerprint density at radius 3 is 2.57 bits per heavy atom. The van der Waals surface area contributed by atoms with Gasteiger partial charge in [0.25, 0.3) is 5.91 Å². The standard InChI is InChI=1S/C21H20N2O3S2/c1-14(19(25)22-12-11-15-7-9-17(24)10-8-15)23-20(26)18(28-21(23)27)13-16-5-3-2-4-6-16/h2-10,13-14,24H,11-12H2,1H3,(H,22,25)/b18-13-. The molecule has 2 amide bonds. The van der Waals surface area contributed by atoms with Crippen molar-refractivity contribution in [3.05, 3.63) is 70.6 Å². The Kier molecular flexibility index (Phi) is 6.49. The van der Waals surface area contributed by atoms with Crippen LogP contribution in [-0.2, 0) is 16.0 Å². The number of phenols is 1. The van der Waals surface area contributed by atoms with E-state index in [0.717, 1.165) is 11.1 Å². The average Bonchev–Trinajstić information content (AvgIpc) is 2.96. The number of benzene rings is 2. The molecule has 1 heterocycles. The molecule has 5 nitrogen and oxygen atoms in total. The summed E-state index contributed by atoms with van der Waals surface area (Å²) in [6, 6.07) is 15.7. The first kappa shape index (κ1) is 20.1. The fourth-order valence-corrected chi connectivity index (χ4v) is 4.19. The van der Waals surface area contributed by atoms with Gasteiger partial charge in [0, 0.05) is 6.54 Å². The molecule has 0 aromatic heterocycles. The molecule has 2 aromatic rings. The van der Waals surface area contributed by atoms with E-state index in [1.807, 2.05) is 30.3 Å². The van der Waals surface area contributed by atoms with Crippen molar-refractivity contribution in [1.82, 2.24) is 10.2 Å². The maximum atomic E-state index is 12.7. The molecular formula is C21H20N2O3S2. The van der Waals surface area contributed by atoms with Crippen LogP contribution in [0.2, 0.25) is 0 Å². The third-order valence-corrected chi connectivity index (χ3v) is 5.67. The van der Waals surface area contributed by atoms with E-state index in [0.29, 0.717) is 22.2 Å². The second kappa shape index (κ2) is 9.03. The summed E-state index contributed by atoms with van der Waals surface area (Å²) in [4.78, 5) is 27.1. The van der Waals surface area contributed by atoms with Gasteiger partial charge in [0.1, 0.15) is 16.1 Å². The Labute approximate surface area is 173 Å². The Morgan fingerprint density at radius 2 is 1.89 bits per heavy atom. The Bertz CT molecular complexity index is 911. The number of aromatic hydroxyl groups is 1. The molecule has 1 unspecified atom stereocenters. The number of rotatable bonds is 6. The summed E-state index contributed by atoms with van der Waals surface area (Å²) in [5.74, 6) is -0.296. The van der Waals surface area contributed by atoms with Crippen LogP contribution in [0.5, 0.6) is 5.75 Å². The number of thioether (sulfide) groups is 1. The molecule has 1 atom stereocenters. The maximum Gasteiger partial charge on any atom is 0.266 e. The van der Waals surface area contributed by atoms with Crippen LogP contribution < -0.4 is 5.32 Å². The van der Waals surface area contributed by atoms with E-state index in [1.165, 1.54) is 16.7 Å². The van der Waals surface area contributed by atoms with Gasteiger partial charge < -0.3 is 10.4 Å². The summed E-state index contributed by atoms with van der Waals surface area (Å²) in [6.45, 7) is 2.11. The van der Waals surface area contributed by atoms with Crippen molar-refractivity contribution in [3.8, 4) is 5.75 Å². The first-order valence-corrected chi connectivity index (χ1v) is 10.1. The zero-order valence-corrected chi connectivity index (χ0v) is 16.9. The molecule has 1 aliphatic rings. The Hall–Kier alpha value is -2.64. The van der Waals surface area contributed by atoms with E-state index in [4.69, 9.17) is 12.2 Å². The number of hydrogen-bond donors (Lipinski definition) is 2. The van der Waals surface area contributed by atoms with Gasteiger partial charge in [0.15, 0.2) is 0 Å². The van der Waals surface area contributed by atoms with E-state index >= 15 is 0 Å². The van der Waals surface area contributed by atoms with Crippen molar-refractivity contribution in [2.75, 3.05) is 6.54 Å². The minimum absolute atomic E-state index is 0.208. The molecule has 1 saturated heterocycles. The normalized spacial score (nSPS) is 16.5. The van der Waals surface area contributed by atoms with Crippen molar-refractivity contribution in [1.29, 1.82) is 0 Å². The molecule has 144 valence electrons. The molecule has 28 heavy (non-hydrogen) atoms. The van der Waals surface area contributed by atoms with Crippen LogP contribution >= 0.6 is 24.0 Å². The number of amides is 2. The van der Waals surface area contributed by atoms with Crippen LogP contribution in [0.15, 0.2) is 59.5 Å². The Balaban J connectivity index is 1.59. The van der Waals surface area contributed by atoms with Gasteiger partial charge in [-0.1, -0.05) is 66.4 Å². The molecule has 7 heteroatoms. The summed E-state index contributed by atoms with van der Waals surface area (Å²) in [5.41, 5.74) is 1.91. The van der Waals surface area contributed by atoms with Gasteiger partial charge in [0.05, 0.1) is 4.91 Å². The number of phenolic OH excluding ortho intramolecular Hbond substituents is 1. The predicted octanol–water partition coefficient (Wildman–Crippen LogP) is 3.34. The monoisotopic (exact) mass is 412 g/mol. The summed E-state index contributed by atoms with van der Waals surface area (Å²) < 4.78 is 0.383. The number of hydrogen-bond acceptors (Lipinski definition) is 5. The van der Waals surface area contributed by atoms with Crippen molar-refractivity contribution in [2.24, 2.45) is 0 Å². The van der Waals surface area contributed by atoms with Crippen molar-refractivity contribution < 1.29 is 14.7 Å². The first-order chi connectivity index (χ1) is 13.5. The molecule has 0 aliphatic carbocycles. The van der Waals surface area contributed by atoms with Crippen LogP contribution in [0.4, 0.5) is 0 Å². The largest absolute Gasteiger partial charge is 0.508 e. The summed E-state index contributed by atoms with van der Waals surface area (Å²) in [5, 5.41) is 12.1. The first-order valence-electron chi connectivity index (χ1n) is 8.83. The second-order valence-electron chi connectivity index (χ2n) is 6.35. The van der Waals surface area contributed by atoms with E-state index in [2.05, 4.69) is 5.32 Å². The zero-order valence-electron chi connectivity index (χ0n) is 15.3. The topological polar surface area (TPSA) is 69.6 Å².